The lowest BCUT2D eigenvalue weighted by Crippen LogP contribution is -2.57. The fourth-order valence-electron chi connectivity index (χ4n) is 2.20. The van der Waals surface area contributed by atoms with E-state index in [1.807, 2.05) is 6.92 Å². The second-order valence-electron chi connectivity index (χ2n) is 5.31. The molecule has 1 aliphatic rings. The van der Waals surface area contributed by atoms with E-state index in [0.29, 0.717) is 6.42 Å². The van der Waals surface area contributed by atoms with Crippen molar-refractivity contribution in [2.24, 2.45) is 5.92 Å². The number of urea groups is 1. The maximum absolute atomic E-state index is 12.1. The lowest BCUT2D eigenvalue weighted by Gasteiger charge is -2.34. The fraction of sp³-hybridized carbons (Fsp3) is 0.833. The minimum absolute atomic E-state index is 0.0776. The molecule has 0 saturated carbocycles. The summed E-state index contributed by atoms with van der Waals surface area (Å²) < 4.78 is 22.9. The van der Waals surface area contributed by atoms with E-state index in [9.17, 15) is 18.0 Å². The Labute approximate surface area is 119 Å². The number of carboxylic acids is 1. The molecule has 1 fully saturated rings. The summed E-state index contributed by atoms with van der Waals surface area (Å²) in [6.07, 6.45) is 0.626. The molecule has 0 radical (unpaired) electrons. The number of carbonyl (C=O) groups is 2. The highest BCUT2D eigenvalue weighted by Crippen LogP contribution is 2.13. The van der Waals surface area contributed by atoms with Gasteiger partial charge in [-0.05, 0) is 12.8 Å². The molecule has 20 heavy (non-hydrogen) atoms. The molecule has 1 rings (SSSR count). The third kappa shape index (κ3) is 4.09. The van der Waals surface area contributed by atoms with Crippen LogP contribution in [0.4, 0.5) is 4.79 Å². The molecule has 0 aromatic rings. The number of amides is 2. The molecule has 0 bridgehead atoms. The van der Waals surface area contributed by atoms with E-state index in [1.165, 1.54) is 4.90 Å². The van der Waals surface area contributed by atoms with E-state index in [2.05, 4.69) is 5.32 Å². The first-order chi connectivity index (χ1) is 9.18. The first-order valence-corrected chi connectivity index (χ1v) is 8.50. The van der Waals surface area contributed by atoms with Crippen LogP contribution in [0.1, 0.15) is 27.2 Å². The van der Waals surface area contributed by atoms with E-state index in [1.54, 1.807) is 13.8 Å². The standard InChI is InChI=1S/C12H22N2O5S/c1-4-8(2)10(11(15)16)13-12(17)14-5-6-20(18,19)7-9(14)3/h8-10H,4-7H2,1-3H3,(H,13,17)(H,15,16)/t8-,9?,10-/m0/s1. The Hall–Kier alpha value is -1.31. The summed E-state index contributed by atoms with van der Waals surface area (Å²) in [6, 6.07) is -1.92. The van der Waals surface area contributed by atoms with E-state index >= 15 is 0 Å². The van der Waals surface area contributed by atoms with Crippen LogP contribution in [-0.2, 0) is 14.6 Å². The van der Waals surface area contributed by atoms with Crippen LogP contribution >= 0.6 is 0 Å². The molecule has 0 aromatic heterocycles. The molecular formula is C12H22N2O5S. The average molecular weight is 306 g/mol. The maximum Gasteiger partial charge on any atom is 0.326 e. The lowest BCUT2D eigenvalue weighted by molar-refractivity contribution is -0.140. The highest BCUT2D eigenvalue weighted by molar-refractivity contribution is 7.91. The van der Waals surface area contributed by atoms with Crippen molar-refractivity contribution in [1.82, 2.24) is 10.2 Å². The summed E-state index contributed by atoms with van der Waals surface area (Å²) in [6.45, 7) is 5.35. The molecule has 1 unspecified atom stereocenters. The van der Waals surface area contributed by atoms with Gasteiger partial charge in [-0.2, -0.15) is 0 Å². The zero-order chi connectivity index (χ0) is 15.5. The normalized spacial score (nSPS) is 24.8. The van der Waals surface area contributed by atoms with E-state index in [0.717, 1.165) is 0 Å². The molecule has 1 heterocycles. The molecular weight excluding hydrogens is 284 g/mol. The molecule has 0 aliphatic carbocycles. The largest absolute Gasteiger partial charge is 0.480 e. The van der Waals surface area contributed by atoms with Gasteiger partial charge in [-0.25, -0.2) is 18.0 Å². The molecule has 2 amide bonds. The van der Waals surface area contributed by atoms with Gasteiger partial charge in [0.15, 0.2) is 9.84 Å². The number of sulfone groups is 1. The van der Waals surface area contributed by atoms with Crippen LogP contribution in [0.3, 0.4) is 0 Å². The van der Waals surface area contributed by atoms with Gasteiger partial charge in [0.1, 0.15) is 6.04 Å². The number of carboxylic acid groups (broad SMARTS) is 1. The van der Waals surface area contributed by atoms with E-state index < -0.39 is 33.9 Å². The van der Waals surface area contributed by atoms with Gasteiger partial charge in [0, 0.05) is 12.6 Å². The van der Waals surface area contributed by atoms with Crippen LogP contribution < -0.4 is 5.32 Å². The summed E-state index contributed by atoms with van der Waals surface area (Å²) >= 11 is 0. The minimum Gasteiger partial charge on any atom is -0.480 e. The monoisotopic (exact) mass is 306 g/mol. The third-order valence-electron chi connectivity index (χ3n) is 3.69. The van der Waals surface area contributed by atoms with Crippen LogP contribution in [0, 0.1) is 5.92 Å². The molecule has 1 aliphatic heterocycles. The quantitative estimate of drug-likeness (QED) is 0.778. The molecule has 0 aromatic carbocycles. The third-order valence-corrected chi connectivity index (χ3v) is 5.48. The molecule has 116 valence electrons. The van der Waals surface area contributed by atoms with Crippen molar-refractivity contribution < 1.29 is 23.1 Å². The second-order valence-corrected chi connectivity index (χ2v) is 7.54. The summed E-state index contributed by atoms with van der Waals surface area (Å²) in [4.78, 5) is 24.7. The fourth-order valence-corrected chi connectivity index (χ4v) is 3.76. The van der Waals surface area contributed by atoms with Crippen molar-refractivity contribution in [1.29, 1.82) is 0 Å². The topological polar surface area (TPSA) is 104 Å². The van der Waals surface area contributed by atoms with Gasteiger partial charge in [-0.1, -0.05) is 20.3 Å². The molecule has 2 N–H and O–H groups in total. The number of aliphatic carboxylic acids is 1. The number of hydrogen-bond acceptors (Lipinski definition) is 4. The number of rotatable bonds is 4. The van der Waals surface area contributed by atoms with Crippen LogP contribution in [0.5, 0.6) is 0 Å². The Morgan fingerprint density at radius 2 is 2.05 bits per heavy atom. The van der Waals surface area contributed by atoms with Gasteiger partial charge in [0.2, 0.25) is 0 Å². The summed E-state index contributed by atoms with van der Waals surface area (Å²) in [5.41, 5.74) is 0. The van der Waals surface area contributed by atoms with Gasteiger partial charge in [-0.15, -0.1) is 0 Å². The predicted molar refractivity (Wildman–Crippen MR) is 74.2 cm³/mol. The van der Waals surface area contributed by atoms with Crippen molar-refractivity contribution in [2.45, 2.75) is 39.3 Å². The molecule has 8 heteroatoms. The van der Waals surface area contributed by atoms with Crippen molar-refractivity contribution >= 4 is 21.8 Å². The Balaban J connectivity index is 2.73. The SMILES string of the molecule is CC[C@H](C)[C@H](NC(=O)N1CCS(=O)(=O)CC1C)C(=O)O. The van der Waals surface area contributed by atoms with Gasteiger partial charge in [0.25, 0.3) is 0 Å². The number of carbonyl (C=O) groups excluding carboxylic acids is 1. The molecule has 1 saturated heterocycles. The lowest BCUT2D eigenvalue weighted by atomic mass is 9.99. The van der Waals surface area contributed by atoms with Crippen LogP contribution in [0.15, 0.2) is 0 Å². The van der Waals surface area contributed by atoms with Crippen LogP contribution in [-0.4, -0.2) is 60.6 Å². The first kappa shape index (κ1) is 16.7. The summed E-state index contributed by atoms with van der Waals surface area (Å²) in [5.74, 6) is -1.43. The van der Waals surface area contributed by atoms with Gasteiger partial charge < -0.3 is 15.3 Å². The smallest absolute Gasteiger partial charge is 0.326 e. The summed E-state index contributed by atoms with van der Waals surface area (Å²) in [5, 5.41) is 11.6. The molecule has 7 nitrogen and oxygen atoms in total. The zero-order valence-electron chi connectivity index (χ0n) is 12.0. The number of nitrogens with zero attached hydrogens (tertiary/aromatic N) is 1. The highest BCUT2D eigenvalue weighted by Gasteiger charge is 2.34. The van der Waals surface area contributed by atoms with Gasteiger partial charge >= 0.3 is 12.0 Å². The van der Waals surface area contributed by atoms with Gasteiger partial charge in [0.05, 0.1) is 11.5 Å². The van der Waals surface area contributed by atoms with Crippen molar-refractivity contribution in [3.8, 4) is 0 Å². The molecule has 3 atom stereocenters. The Morgan fingerprint density at radius 1 is 1.45 bits per heavy atom. The maximum atomic E-state index is 12.1. The number of nitrogens with one attached hydrogen (secondary N) is 1. The zero-order valence-corrected chi connectivity index (χ0v) is 12.8. The van der Waals surface area contributed by atoms with Gasteiger partial charge in [-0.3, -0.25) is 0 Å². The van der Waals surface area contributed by atoms with Crippen molar-refractivity contribution in [3.05, 3.63) is 0 Å². The van der Waals surface area contributed by atoms with Crippen LogP contribution in [0.2, 0.25) is 0 Å². The highest BCUT2D eigenvalue weighted by atomic mass is 32.2. The molecule has 0 spiro atoms. The van der Waals surface area contributed by atoms with E-state index in [4.69, 9.17) is 5.11 Å². The average Bonchev–Trinajstić information content (AvgIpc) is 2.33. The second kappa shape index (κ2) is 6.43. The van der Waals surface area contributed by atoms with E-state index in [-0.39, 0.29) is 24.0 Å². The Bertz CT molecular complexity index is 476. The summed E-state index contributed by atoms with van der Waals surface area (Å²) in [7, 11) is -3.10. The first-order valence-electron chi connectivity index (χ1n) is 6.68. The minimum atomic E-state index is -3.10. The van der Waals surface area contributed by atoms with Crippen molar-refractivity contribution in [2.75, 3.05) is 18.1 Å². The van der Waals surface area contributed by atoms with Crippen molar-refractivity contribution in [3.63, 3.8) is 0 Å². The predicted octanol–water partition coefficient (Wildman–Crippen LogP) is 0.314. The number of hydrogen-bond donors (Lipinski definition) is 2. The Morgan fingerprint density at radius 3 is 2.50 bits per heavy atom. The van der Waals surface area contributed by atoms with Crippen LogP contribution in [0.25, 0.3) is 0 Å². The Kier molecular flexibility index (Phi) is 5.38.